The van der Waals surface area contributed by atoms with E-state index in [-0.39, 0.29) is 69.5 Å². The zero-order valence-electron chi connectivity index (χ0n) is 41.4. The number of allylic oxidation sites excluding steroid dienone is 1. The maximum atomic E-state index is 14.4. The summed E-state index contributed by atoms with van der Waals surface area (Å²) in [4.78, 5) is 89.5. The fourth-order valence-electron chi connectivity index (χ4n) is 10.1. The lowest BCUT2D eigenvalue weighted by atomic mass is 9.75. The molecule has 9 N–H and O–H groups in total. The van der Waals surface area contributed by atoms with Gasteiger partial charge in [0.15, 0.2) is 0 Å². The molecule has 2 aromatic rings. The van der Waals surface area contributed by atoms with E-state index in [0.717, 1.165) is 5.56 Å². The topological polar surface area (TPSA) is 285 Å². The van der Waals surface area contributed by atoms with Gasteiger partial charge in [-0.3, -0.25) is 29.0 Å². The first kappa shape index (κ1) is 54.2. The van der Waals surface area contributed by atoms with Crippen LogP contribution in [0.2, 0.25) is 0 Å². The molecule has 71 heavy (non-hydrogen) atoms. The summed E-state index contributed by atoms with van der Waals surface area (Å²) in [5, 5.41) is 18.4. The summed E-state index contributed by atoms with van der Waals surface area (Å²) in [5.41, 5.74) is 13.5. The zero-order chi connectivity index (χ0) is 52.0. The van der Waals surface area contributed by atoms with Gasteiger partial charge < -0.3 is 47.1 Å². The number of aliphatic carboxylic acids is 1. The van der Waals surface area contributed by atoms with E-state index in [9.17, 15) is 46.7 Å². The van der Waals surface area contributed by atoms with Crippen LogP contribution in [0.3, 0.4) is 0 Å². The molecule has 1 aliphatic carbocycles. The minimum Gasteiger partial charge on any atom is -0.487 e. The predicted octanol–water partition coefficient (Wildman–Crippen LogP) is 2.84. The molecule has 4 aliphatic rings. The molecule has 0 aromatic heterocycles. The lowest BCUT2D eigenvalue weighted by Crippen LogP contribution is -2.67. The molecule has 0 spiro atoms. The monoisotopic (exact) mass is 1010 g/mol. The number of guanidine groups is 1. The van der Waals surface area contributed by atoms with Gasteiger partial charge >= 0.3 is 5.97 Å². The van der Waals surface area contributed by atoms with Crippen LogP contribution < -0.4 is 36.9 Å². The summed E-state index contributed by atoms with van der Waals surface area (Å²) in [6.45, 7) is 13.1. The van der Waals surface area contributed by atoms with Crippen molar-refractivity contribution in [3.8, 4) is 5.75 Å². The van der Waals surface area contributed by atoms with Crippen molar-refractivity contribution in [3.05, 3.63) is 70.6 Å². The van der Waals surface area contributed by atoms with E-state index < -0.39 is 98.7 Å². The summed E-state index contributed by atoms with van der Waals surface area (Å²) >= 11 is 0. The molecule has 21 heteroatoms. The average Bonchev–Trinajstić information content (AvgIpc) is 4.07. The van der Waals surface area contributed by atoms with Crippen LogP contribution in [-0.2, 0) is 51.6 Å². The van der Waals surface area contributed by atoms with Crippen molar-refractivity contribution in [1.29, 1.82) is 0 Å². The molecule has 3 fully saturated rings. The number of benzene rings is 2. The number of aliphatic imine (C=N–C) groups is 1. The number of fused-ring (bicyclic) bond motifs is 1. The number of unbranched alkanes of at least 4 members (excludes halogenated alkanes) is 1. The molecule has 3 heterocycles. The van der Waals surface area contributed by atoms with Crippen LogP contribution in [-0.4, -0.2) is 126 Å². The van der Waals surface area contributed by atoms with Crippen molar-refractivity contribution >= 4 is 51.5 Å². The molecule has 5 amide bonds. The summed E-state index contributed by atoms with van der Waals surface area (Å²) < 4.78 is 49.9. The van der Waals surface area contributed by atoms with Crippen LogP contribution in [0.15, 0.2) is 46.8 Å². The van der Waals surface area contributed by atoms with E-state index in [1.165, 1.54) is 34.1 Å². The minimum atomic E-state index is -4.20. The number of carboxylic acids is 1. The van der Waals surface area contributed by atoms with Crippen molar-refractivity contribution in [2.24, 2.45) is 16.5 Å². The van der Waals surface area contributed by atoms with Crippen molar-refractivity contribution in [2.75, 3.05) is 19.6 Å². The number of amides is 5. The number of ether oxygens (including phenoxy) is 1. The Kier molecular flexibility index (Phi) is 17.2. The van der Waals surface area contributed by atoms with Gasteiger partial charge in [0.2, 0.25) is 35.5 Å². The first-order valence-corrected chi connectivity index (χ1v) is 26.0. The van der Waals surface area contributed by atoms with Crippen LogP contribution in [0.1, 0.15) is 119 Å². The molecule has 2 saturated heterocycles. The second-order valence-corrected chi connectivity index (χ2v) is 21.6. The lowest BCUT2D eigenvalue weighted by Gasteiger charge is -2.43. The molecule has 388 valence electrons. The van der Waals surface area contributed by atoms with Crippen molar-refractivity contribution in [1.82, 2.24) is 30.5 Å². The van der Waals surface area contributed by atoms with Crippen LogP contribution in [0.4, 0.5) is 4.39 Å². The quantitative estimate of drug-likeness (QED) is 0.0412. The van der Waals surface area contributed by atoms with Crippen molar-refractivity contribution in [2.45, 2.75) is 171 Å². The number of hydrogen-bond donors (Lipinski definition) is 7. The zero-order valence-corrected chi connectivity index (χ0v) is 42.2. The van der Waals surface area contributed by atoms with E-state index in [1.807, 2.05) is 13.8 Å². The molecule has 0 radical (unpaired) electrons. The number of halogens is 1. The number of nitrogens with two attached hydrogens (primary N) is 2. The molecule has 6 rings (SSSR count). The van der Waals surface area contributed by atoms with Gasteiger partial charge in [0, 0.05) is 38.0 Å². The van der Waals surface area contributed by atoms with Gasteiger partial charge in [-0.05, 0) is 146 Å². The second-order valence-electron chi connectivity index (χ2n) is 20.0. The third-order valence-electron chi connectivity index (χ3n) is 14.2. The smallest absolute Gasteiger partial charge is 0.326 e. The molecule has 19 nitrogen and oxygen atoms in total. The van der Waals surface area contributed by atoms with Crippen LogP contribution in [0.25, 0.3) is 0 Å². The second kappa shape index (κ2) is 22.5. The first-order chi connectivity index (χ1) is 33.5. The Labute approximate surface area is 415 Å². The van der Waals surface area contributed by atoms with E-state index in [2.05, 4.69) is 32.2 Å². The Hall–Kier alpha value is -6.09. The van der Waals surface area contributed by atoms with Gasteiger partial charge in [0.1, 0.15) is 46.9 Å². The van der Waals surface area contributed by atoms with E-state index >= 15 is 0 Å². The number of nitrogens with one attached hydrogen (secondary N) is 4. The molecule has 2 aromatic carbocycles. The SMILES string of the molecule is C=CCCC[C@H](N)C(=O)N[C@@H](Cc1ccc(F)cc1)C(=O)N1CCC[C@H]1C(=O)NC1(C(=O)N[C@@H](CCCN=C(N)NS(=O)(=O)c2c(C)c(C)c3c(c2C)CC(C)(C)O3)C(=O)N2CCC[C@H]2C(=O)O)CCC1. The molecule has 3 aliphatic heterocycles. The van der Waals surface area contributed by atoms with Crippen LogP contribution in [0.5, 0.6) is 5.75 Å². The first-order valence-electron chi connectivity index (χ1n) is 24.5. The van der Waals surface area contributed by atoms with Gasteiger partial charge in [-0.2, -0.15) is 0 Å². The number of rotatable bonds is 21. The fourth-order valence-corrected chi connectivity index (χ4v) is 11.6. The minimum absolute atomic E-state index is 0.00667. The normalized spacial score (nSPS) is 20.4. The van der Waals surface area contributed by atoms with Crippen molar-refractivity contribution < 1.29 is 51.4 Å². The maximum Gasteiger partial charge on any atom is 0.326 e. The van der Waals surface area contributed by atoms with E-state index in [4.69, 9.17) is 16.2 Å². The highest BCUT2D eigenvalue weighted by molar-refractivity contribution is 7.90. The summed E-state index contributed by atoms with van der Waals surface area (Å²) in [6.07, 6.45) is 6.28. The van der Waals surface area contributed by atoms with E-state index in [0.29, 0.717) is 72.9 Å². The number of likely N-dealkylation sites (tertiary alicyclic amines) is 2. The number of carbonyl (C=O) groups excluding carboxylic acids is 5. The third-order valence-corrected chi connectivity index (χ3v) is 15.9. The van der Waals surface area contributed by atoms with Gasteiger partial charge in [-0.15, -0.1) is 6.58 Å². The highest BCUT2D eigenvalue weighted by Crippen LogP contribution is 2.44. The molecule has 0 bridgehead atoms. The maximum absolute atomic E-state index is 14.4. The number of nitrogens with zero attached hydrogens (tertiary/aromatic N) is 3. The fraction of sp³-hybridized carbons (Fsp3) is 0.580. The Morgan fingerprint density at radius 2 is 1.55 bits per heavy atom. The summed E-state index contributed by atoms with van der Waals surface area (Å²) in [6, 6.07) is 0.0667. The van der Waals surface area contributed by atoms with Gasteiger partial charge in [-0.25, -0.2) is 22.3 Å². The lowest BCUT2D eigenvalue weighted by molar-refractivity contribution is -0.150. The Bertz CT molecular complexity index is 2530. The Morgan fingerprint density at radius 3 is 2.17 bits per heavy atom. The molecule has 5 atom stereocenters. The van der Waals surface area contributed by atoms with Gasteiger partial charge in [0.05, 0.1) is 10.9 Å². The van der Waals surface area contributed by atoms with Gasteiger partial charge in [-0.1, -0.05) is 18.2 Å². The highest BCUT2D eigenvalue weighted by atomic mass is 32.2. The van der Waals surface area contributed by atoms with Crippen LogP contribution in [0, 0.1) is 26.6 Å². The Morgan fingerprint density at radius 1 is 0.915 bits per heavy atom. The third kappa shape index (κ3) is 12.5. The Balaban J connectivity index is 1.15. The largest absolute Gasteiger partial charge is 0.487 e. The molecular weight excluding hydrogens is 938 g/mol. The summed E-state index contributed by atoms with van der Waals surface area (Å²) in [5.74, 6) is -4.37. The van der Waals surface area contributed by atoms with Crippen molar-refractivity contribution in [3.63, 3.8) is 0 Å². The van der Waals surface area contributed by atoms with E-state index in [1.54, 1.807) is 26.8 Å². The number of carbonyl (C=O) groups is 6. The van der Waals surface area contributed by atoms with Crippen LogP contribution >= 0.6 is 0 Å². The number of carboxylic acid groups (broad SMARTS) is 1. The molecule has 1 saturated carbocycles. The molecular formula is C50H70FN9O10S. The molecule has 0 unspecified atom stereocenters. The summed E-state index contributed by atoms with van der Waals surface area (Å²) in [7, 11) is -4.20. The van der Waals surface area contributed by atoms with Gasteiger partial charge in [0.25, 0.3) is 10.0 Å². The number of sulfonamides is 1. The predicted molar refractivity (Wildman–Crippen MR) is 263 cm³/mol. The standard InChI is InChI=1S/C50H70FN9O10S/c1-7-8-9-14-35(52)42(61)55-37(27-32-18-20-33(51)21-19-32)45(64)59-25-11-16-38(59)43(62)57-50(22-13-23-50)47(67)56-36(44(63)60-26-12-17-39(60)46(65)66)15-10-24-54-48(53)58-71(68,69)41-30(3)29(2)40-34(31(41)4)28-49(5,6)70-40/h7,18-21,35-39H,1,8-17,22-28,52H2,2-6H3,(H,55,61)(H,56,67)(H,57,62)(H,65,66)(H3,53,54,58)/t35-,36-,37-,38-,39-/m0/s1. The average molecular weight is 1010 g/mol. The number of hydrogen-bond acceptors (Lipinski definition) is 11. The highest BCUT2D eigenvalue weighted by Gasteiger charge is 2.50.